The zero-order valence-electron chi connectivity index (χ0n) is 15.8. The predicted octanol–water partition coefficient (Wildman–Crippen LogP) is 0.723. The van der Waals surface area contributed by atoms with Crippen molar-refractivity contribution in [1.29, 1.82) is 0 Å². The van der Waals surface area contributed by atoms with Gasteiger partial charge >= 0.3 is 0 Å². The molecule has 4 rings (SSSR count). The summed E-state index contributed by atoms with van der Waals surface area (Å²) in [6.45, 7) is 3.94. The van der Waals surface area contributed by atoms with Gasteiger partial charge in [-0.05, 0) is 29.7 Å². The molecular weight excluding hydrogens is 356 g/mol. The van der Waals surface area contributed by atoms with Gasteiger partial charge in [-0.2, -0.15) is 0 Å². The van der Waals surface area contributed by atoms with Crippen LogP contribution in [-0.2, 0) is 17.7 Å². The number of hydrogen-bond donors (Lipinski definition) is 3. The number of ether oxygens (including phenoxy) is 1. The van der Waals surface area contributed by atoms with Crippen LogP contribution in [0.25, 0.3) is 0 Å². The standard InChI is InChI=1S/C21H26N4O3/c26-19(18-11-15-3-1-2-4-16(15)12-22-18)14-24-21(27)17-5-6-20(23-13-17)25-7-9-28-10-8-25/h1-6,13,18-19,22,26H,7-12,14H2,(H,24,27)/t18-,19?/m0/s1. The summed E-state index contributed by atoms with van der Waals surface area (Å²) in [4.78, 5) is 18.9. The molecule has 2 aromatic rings. The molecule has 2 aliphatic rings. The van der Waals surface area contributed by atoms with Crippen LogP contribution in [0.15, 0.2) is 42.6 Å². The SMILES string of the molecule is O=C(NCC(O)[C@@H]1Cc2ccccc2CN1)c1ccc(N2CCOCC2)nc1. The van der Waals surface area contributed by atoms with Crippen molar-refractivity contribution in [3.63, 3.8) is 0 Å². The van der Waals surface area contributed by atoms with E-state index in [1.165, 1.54) is 11.1 Å². The number of hydrogen-bond acceptors (Lipinski definition) is 6. The van der Waals surface area contributed by atoms with Gasteiger partial charge < -0.3 is 25.4 Å². The molecule has 7 heteroatoms. The highest BCUT2D eigenvalue weighted by molar-refractivity contribution is 5.94. The summed E-state index contributed by atoms with van der Waals surface area (Å²) in [5, 5.41) is 16.7. The number of pyridine rings is 1. The zero-order chi connectivity index (χ0) is 19.3. The van der Waals surface area contributed by atoms with E-state index >= 15 is 0 Å². The highest BCUT2D eigenvalue weighted by Crippen LogP contribution is 2.18. The Morgan fingerprint density at radius 3 is 2.79 bits per heavy atom. The third-order valence-electron chi connectivity index (χ3n) is 5.39. The van der Waals surface area contributed by atoms with Crippen LogP contribution in [0.1, 0.15) is 21.5 Å². The van der Waals surface area contributed by atoms with Gasteiger partial charge in [0.1, 0.15) is 5.82 Å². The molecule has 3 heterocycles. The minimum atomic E-state index is -0.655. The molecule has 0 saturated carbocycles. The van der Waals surface area contributed by atoms with Gasteiger partial charge in [-0.1, -0.05) is 24.3 Å². The van der Waals surface area contributed by atoms with Gasteiger partial charge in [-0.25, -0.2) is 4.98 Å². The molecule has 1 unspecified atom stereocenters. The first-order chi connectivity index (χ1) is 13.7. The van der Waals surface area contributed by atoms with Crippen LogP contribution >= 0.6 is 0 Å². The lowest BCUT2D eigenvalue weighted by Gasteiger charge is -2.30. The van der Waals surface area contributed by atoms with Crippen molar-refractivity contribution < 1.29 is 14.6 Å². The number of fused-ring (bicyclic) bond motifs is 1. The van der Waals surface area contributed by atoms with Gasteiger partial charge in [0, 0.05) is 38.4 Å². The van der Waals surface area contributed by atoms with Crippen molar-refractivity contribution in [2.24, 2.45) is 0 Å². The van der Waals surface area contributed by atoms with Gasteiger partial charge in [0.25, 0.3) is 5.91 Å². The third-order valence-corrected chi connectivity index (χ3v) is 5.39. The van der Waals surface area contributed by atoms with Crippen LogP contribution in [0.5, 0.6) is 0 Å². The maximum atomic E-state index is 12.4. The molecule has 2 atom stereocenters. The highest BCUT2D eigenvalue weighted by Gasteiger charge is 2.24. The molecule has 0 spiro atoms. The minimum Gasteiger partial charge on any atom is -0.390 e. The normalized spacial score (nSPS) is 20.3. The molecule has 0 bridgehead atoms. The fourth-order valence-electron chi connectivity index (χ4n) is 3.69. The van der Waals surface area contributed by atoms with E-state index in [2.05, 4.69) is 32.7 Å². The molecular formula is C21H26N4O3. The van der Waals surface area contributed by atoms with Crippen LogP contribution in [0.4, 0.5) is 5.82 Å². The van der Waals surface area contributed by atoms with E-state index in [0.29, 0.717) is 18.8 Å². The Bertz CT molecular complexity index is 806. The Labute approximate surface area is 164 Å². The number of rotatable bonds is 5. The second kappa shape index (κ2) is 8.68. The Morgan fingerprint density at radius 2 is 2.04 bits per heavy atom. The summed E-state index contributed by atoms with van der Waals surface area (Å²) in [5.41, 5.74) is 3.01. The monoisotopic (exact) mass is 382 g/mol. The fraction of sp³-hybridized carbons (Fsp3) is 0.429. The predicted molar refractivity (Wildman–Crippen MR) is 106 cm³/mol. The average Bonchev–Trinajstić information content (AvgIpc) is 2.77. The lowest BCUT2D eigenvalue weighted by Crippen LogP contribution is -2.49. The molecule has 28 heavy (non-hydrogen) atoms. The molecule has 2 aliphatic heterocycles. The lowest BCUT2D eigenvalue weighted by molar-refractivity contribution is 0.0869. The molecule has 0 aliphatic carbocycles. The molecule has 1 aromatic heterocycles. The number of benzene rings is 1. The fourth-order valence-corrected chi connectivity index (χ4v) is 3.69. The number of aliphatic hydroxyl groups excluding tert-OH is 1. The summed E-state index contributed by atoms with van der Waals surface area (Å²) >= 11 is 0. The van der Waals surface area contributed by atoms with Crippen LogP contribution in [0.2, 0.25) is 0 Å². The Balaban J connectivity index is 1.29. The van der Waals surface area contributed by atoms with E-state index in [0.717, 1.165) is 31.9 Å². The molecule has 1 amide bonds. The second-order valence-electron chi connectivity index (χ2n) is 7.24. The number of aromatic nitrogens is 1. The van der Waals surface area contributed by atoms with Crippen LogP contribution < -0.4 is 15.5 Å². The summed E-state index contributed by atoms with van der Waals surface area (Å²) in [6.07, 6.45) is 1.68. The molecule has 1 saturated heterocycles. The third kappa shape index (κ3) is 4.32. The summed E-state index contributed by atoms with van der Waals surface area (Å²) in [5.74, 6) is 0.626. The number of aliphatic hydroxyl groups is 1. The molecule has 0 radical (unpaired) electrons. The van der Waals surface area contributed by atoms with E-state index < -0.39 is 6.10 Å². The van der Waals surface area contributed by atoms with Crippen LogP contribution in [-0.4, -0.2) is 61.0 Å². The maximum Gasteiger partial charge on any atom is 0.252 e. The van der Waals surface area contributed by atoms with Gasteiger partial charge in [0.15, 0.2) is 0 Å². The van der Waals surface area contributed by atoms with Crippen molar-refractivity contribution >= 4 is 11.7 Å². The van der Waals surface area contributed by atoms with Gasteiger partial charge in [-0.15, -0.1) is 0 Å². The number of nitrogens with one attached hydrogen (secondary N) is 2. The smallest absolute Gasteiger partial charge is 0.252 e. The Hall–Kier alpha value is -2.48. The van der Waals surface area contributed by atoms with Gasteiger partial charge in [0.05, 0.1) is 24.9 Å². The van der Waals surface area contributed by atoms with Crippen molar-refractivity contribution in [1.82, 2.24) is 15.6 Å². The zero-order valence-corrected chi connectivity index (χ0v) is 15.8. The molecule has 148 valence electrons. The minimum absolute atomic E-state index is 0.0722. The summed E-state index contributed by atoms with van der Waals surface area (Å²) < 4.78 is 5.34. The van der Waals surface area contributed by atoms with Crippen LogP contribution in [0, 0.1) is 0 Å². The molecule has 3 N–H and O–H groups in total. The second-order valence-corrected chi connectivity index (χ2v) is 7.24. The maximum absolute atomic E-state index is 12.4. The Kier molecular flexibility index (Phi) is 5.85. The van der Waals surface area contributed by atoms with Gasteiger partial charge in [0.2, 0.25) is 0 Å². The van der Waals surface area contributed by atoms with E-state index in [-0.39, 0.29) is 18.5 Å². The van der Waals surface area contributed by atoms with Crippen molar-refractivity contribution in [3.8, 4) is 0 Å². The number of carbonyl (C=O) groups excluding carboxylic acids is 1. The largest absolute Gasteiger partial charge is 0.390 e. The average molecular weight is 382 g/mol. The lowest BCUT2D eigenvalue weighted by atomic mass is 9.93. The summed E-state index contributed by atoms with van der Waals surface area (Å²) in [6, 6.07) is 11.8. The number of morpholine rings is 1. The molecule has 1 fully saturated rings. The van der Waals surface area contributed by atoms with E-state index in [9.17, 15) is 9.90 Å². The first kappa shape index (κ1) is 18.9. The summed E-state index contributed by atoms with van der Waals surface area (Å²) in [7, 11) is 0. The Morgan fingerprint density at radius 1 is 1.25 bits per heavy atom. The van der Waals surface area contributed by atoms with E-state index in [1.54, 1.807) is 12.3 Å². The van der Waals surface area contributed by atoms with Crippen molar-refractivity contribution in [2.45, 2.75) is 25.1 Å². The number of anilines is 1. The molecule has 1 aromatic carbocycles. The van der Waals surface area contributed by atoms with Gasteiger partial charge in [-0.3, -0.25) is 4.79 Å². The van der Waals surface area contributed by atoms with Crippen molar-refractivity contribution in [2.75, 3.05) is 37.7 Å². The topological polar surface area (TPSA) is 86.7 Å². The first-order valence-corrected chi connectivity index (χ1v) is 9.76. The number of carbonyl (C=O) groups is 1. The quantitative estimate of drug-likeness (QED) is 0.707. The van der Waals surface area contributed by atoms with E-state index in [1.807, 2.05) is 18.2 Å². The number of nitrogens with zero attached hydrogens (tertiary/aromatic N) is 2. The highest BCUT2D eigenvalue weighted by atomic mass is 16.5. The number of amides is 1. The molecule has 7 nitrogen and oxygen atoms in total. The van der Waals surface area contributed by atoms with Crippen molar-refractivity contribution in [3.05, 3.63) is 59.3 Å². The first-order valence-electron chi connectivity index (χ1n) is 9.76. The van der Waals surface area contributed by atoms with Crippen LogP contribution in [0.3, 0.4) is 0 Å². The van der Waals surface area contributed by atoms with E-state index in [4.69, 9.17) is 4.74 Å².